The first kappa shape index (κ1) is 23.5. The van der Waals surface area contributed by atoms with Crippen molar-refractivity contribution in [3.63, 3.8) is 0 Å². The van der Waals surface area contributed by atoms with Crippen molar-refractivity contribution in [3.8, 4) is 0 Å². The third kappa shape index (κ3) is 6.34. The molecule has 0 bridgehead atoms. The molecule has 0 atom stereocenters. The smallest absolute Gasteiger partial charge is 0.369 e. The van der Waals surface area contributed by atoms with Gasteiger partial charge in [-0.2, -0.15) is 13.2 Å². The molecule has 3 heterocycles. The number of hydrogen-bond acceptors (Lipinski definition) is 3. The van der Waals surface area contributed by atoms with Gasteiger partial charge in [-0.1, -0.05) is 27.7 Å². The Morgan fingerprint density at radius 1 is 1.07 bits per heavy atom. The van der Waals surface area contributed by atoms with E-state index in [1.807, 2.05) is 4.90 Å². The summed E-state index contributed by atoms with van der Waals surface area (Å²) < 4.78 is 38.2. The summed E-state index contributed by atoms with van der Waals surface area (Å²) in [5.41, 5.74) is -0.570. The van der Waals surface area contributed by atoms with E-state index in [4.69, 9.17) is 0 Å². The van der Waals surface area contributed by atoms with E-state index in [2.05, 4.69) is 32.7 Å². The Balaban J connectivity index is 0.000000221. The molecular formula is C22H34F3N3O. The fourth-order valence-electron chi connectivity index (χ4n) is 3.88. The number of likely N-dealkylation sites (tertiary alicyclic amines) is 1. The molecule has 1 amide bonds. The van der Waals surface area contributed by atoms with Crippen molar-refractivity contribution in [2.24, 2.45) is 23.7 Å². The normalized spacial score (nSPS) is 18.6. The molecule has 2 saturated heterocycles. The predicted molar refractivity (Wildman–Crippen MR) is 110 cm³/mol. The predicted octanol–water partition coefficient (Wildman–Crippen LogP) is 5.09. The third-order valence-corrected chi connectivity index (χ3v) is 6.18. The SMILES string of the molecule is CC(=O)N1CCC(C(C)C)CC1.CC(C)C1CN(c2cccnc2C(F)(F)F)C1. The highest BCUT2D eigenvalue weighted by Gasteiger charge is 2.39. The Kier molecular flexibility index (Phi) is 7.94. The van der Waals surface area contributed by atoms with Gasteiger partial charge in [-0.15, -0.1) is 0 Å². The molecule has 0 spiro atoms. The standard InChI is InChI=1S/C12H15F3N2.C10H19NO/c1-8(2)9-6-17(7-9)10-4-3-5-16-11(10)12(13,14)15;1-8(2)10-4-6-11(7-5-10)9(3)12/h3-5,8-9H,6-7H2,1-2H3;8,10H,4-7H2,1-3H3. The van der Waals surface area contributed by atoms with Crippen LogP contribution in [0.5, 0.6) is 0 Å². The second-order valence-corrected chi connectivity index (χ2v) is 8.87. The molecule has 4 nitrogen and oxygen atoms in total. The van der Waals surface area contributed by atoms with Crippen molar-refractivity contribution in [1.82, 2.24) is 9.88 Å². The van der Waals surface area contributed by atoms with Crippen LogP contribution in [0.2, 0.25) is 0 Å². The summed E-state index contributed by atoms with van der Waals surface area (Å²) in [6, 6.07) is 3.04. The third-order valence-electron chi connectivity index (χ3n) is 6.18. The lowest BCUT2D eigenvalue weighted by molar-refractivity contribution is -0.140. The van der Waals surface area contributed by atoms with Crippen LogP contribution >= 0.6 is 0 Å². The van der Waals surface area contributed by atoms with Gasteiger partial charge < -0.3 is 9.80 Å². The van der Waals surface area contributed by atoms with E-state index in [-0.39, 0.29) is 11.6 Å². The zero-order chi connectivity index (χ0) is 21.8. The van der Waals surface area contributed by atoms with E-state index >= 15 is 0 Å². The lowest BCUT2D eigenvalue weighted by Crippen LogP contribution is -2.49. The molecule has 0 saturated carbocycles. The number of rotatable bonds is 3. The molecule has 0 aromatic carbocycles. The van der Waals surface area contributed by atoms with Gasteiger partial charge in [0.1, 0.15) is 0 Å². The first-order valence-electron chi connectivity index (χ1n) is 10.5. The Hall–Kier alpha value is -1.79. The molecule has 1 aromatic heterocycles. The van der Waals surface area contributed by atoms with E-state index in [1.165, 1.54) is 25.1 Å². The highest BCUT2D eigenvalue weighted by molar-refractivity contribution is 5.73. The Morgan fingerprint density at radius 3 is 2.07 bits per heavy atom. The minimum absolute atomic E-state index is 0.205. The summed E-state index contributed by atoms with van der Waals surface area (Å²) in [5, 5.41) is 0. The van der Waals surface area contributed by atoms with Crippen molar-refractivity contribution in [2.75, 3.05) is 31.1 Å². The molecule has 2 aliphatic rings. The van der Waals surface area contributed by atoms with Gasteiger partial charge in [-0.25, -0.2) is 4.98 Å². The van der Waals surface area contributed by atoms with Crippen LogP contribution in [0, 0.1) is 23.7 Å². The van der Waals surface area contributed by atoms with Crippen LogP contribution in [-0.2, 0) is 11.0 Å². The van der Waals surface area contributed by atoms with Crippen LogP contribution in [0.4, 0.5) is 18.9 Å². The van der Waals surface area contributed by atoms with Gasteiger partial charge >= 0.3 is 6.18 Å². The molecule has 0 aliphatic carbocycles. The average Bonchev–Trinajstić information content (AvgIpc) is 2.60. The van der Waals surface area contributed by atoms with Crippen molar-refractivity contribution in [1.29, 1.82) is 0 Å². The number of halogens is 3. The van der Waals surface area contributed by atoms with Crippen LogP contribution in [0.15, 0.2) is 18.3 Å². The van der Waals surface area contributed by atoms with Gasteiger partial charge in [0.15, 0.2) is 5.69 Å². The number of hydrogen-bond donors (Lipinski definition) is 0. The molecule has 0 radical (unpaired) electrons. The van der Waals surface area contributed by atoms with E-state index in [0.717, 1.165) is 24.9 Å². The second-order valence-electron chi connectivity index (χ2n) is 8.87. The number of alkyl halides is 3. The second kappa shape index (κ2) is 9.81. The fraction of sp³-hybridized carbons (Fsp3) is 0.727. The number of nitrogens with zero attached hydrogens (tertiary/aromatic N) is 3. The molecule has 2 aliphatic heterocycles. The van der Waals surface area contributed by atoms with E-state index < -0.39 is 11.9 Å². The van der Waals surface area contributed by atoms with Crippen molar-refractivity contribution in [2.45, 2.75) is 53.6 Å². The first-order valence-corrected chi connectivity index (χ1v) is 10.5. The highest BCUT2D eigenvalue weighted by Crippen LogP contribution is 2.38. The van der Waals surface area contributed by atoms with Crippen LogP contribution in [0.1, 0.15) is 53.2 Å². The summed E-state index contributed by atoms with van der Waals surface area (Å²) in [6.07, 6.45) is -0.806. The molecule has 2 fully saturated rings. The Labute approximate surface area is 172 Å². The molecular weight excluding hydrogens is 379 g/mol. The maximum atomic E-state index is 12.7. The molecule has 0 N–H and O–H groups in total. The van der Waals surface area contributed by atoms with Crippen LogP contribution in [-0.4, -0.2) is 42.0 Å². The van der Waals surface area contributed by atoms with Gasteiger partial charge in [0.2, 0.25) is 5.91 Å². The van der Waals surface area contributed by atoms with E-state index in [1.54, 1.807) is 17.9 Å². The van der Waals surface area contributed by atoms with E-state index in [9.17, 15) is 18.0 Å². The summed E-state index contributed by atoms with van der Waals surface area (Å²) in [4.78, 5) is 18.2. The quantitative estimate of drug-likeness (QED) is 0.692. The largest absolute Gasteiger partial charge is 0.435 e. The molecule has 29 heavy (non-hydrogen) atoms. The van der Waals surface area contributed by atoms with Crippen LogP contribution in [0.25, 0.3) is 0 Å². The van der Waals surface area contributed by atoms with Gasteiger partial charge in [0.25, 0.3) is 0 Å². The molecule has 0 unspecified atom stereocenters. The van der Waals surface area contributed by atoms with Gasteiger partial charge in [-0.3, -0.25) is 4.79 Å². The number of anilines is 1. The van der Waals surface area contributed by atoms with E-state index in [0.29, 0.717) is 24.9 Å². The summed E-state index contributed by atoms with van der Waals surface area (Å²) >= 11 is 0. The highest BCUT2D eigenvalue weighted by atomic mass is 19.4. The maximum absolute atomic E-state index is 12.7. The maximum Gasteiger partial charge on any atom is 0.435 e. The molecule has 7 heteroatoms. The first-order chi connectivity index (χ1) is 13.5. The Morgan fingerprint density at radius 2 is 1.62 bits per heavy atom. The molecule has 3 rings (SSSR count). The zero-order valence-electron chi connectivity index (χ0n) is 18.2. The number of pyridine rings is 1. The lowest BCUT2D eigenvalue weighted by atomic mass is 9.87. The number of aromatic nitrogens is 1. The molecule has 164 valence electrons. The summed E-state index contributed by atoms with van der Waals surface area (Å²) in [7, 11) is 0. The van der Waals surface area contributed by atoms with Crippen LogP contribution in [0.3, 0.4) is 0 Å². The summed E-state index contributed by atoms with van der Waals surface area (Å²) in [5.74, 6) is 2.84. The minimum Gasteiger partial charge on any atom is -0.369 e. The number of carbonyl (C=O) groups is 1. The van der Waals surface area contributed by atoms with Crippen molar-refractivity contribution >= 4 is 11.6 Å². The van der Waals surface area contributed by atoms with Gasteiger partial charge in [0.05, 0.1) is 5.69 Å². The number of piperidine rings is 1. The molecule has 1 aromatic rings. The number of amides is 1. The lowest BCUT2D eigenvalue weighted by Gasteiger charge is -2.43. The summed E-state index contributed by atoms with van der Waals surface area (Å²) in [6.45, 7) is 13.7. The van der Waals surface area contributed by atoms with Crippen molar-refractivity contribution < 1.29 is 18.0 Å². The minimum atomic E-state index is -4.38. The van der Waals surface area contributed by atoms with Crippen LogP contribution < -0.4 is 4.90 Å². The van der Waals surface area contributed by atoms with Gasteiger partial charge in [0, 0.05) is 39.3 Å². The monoisotopic (exact) mass is 413 g/mol. The topological polar surface area (TPSA) is 36.4 Å². The Bertz CT molecular complexity index is 662. The zero-order valence-corrected chi connectivity index (χ0v) is 18.2. The number of carbonyl (C=O) groups excluding carboxylic acids is 1. The van der Waals surface area contributed by atoms with Crippen molar-refractivity contribution in [3.05, 3.63) is 24.0 Å². The average molecular weight is 414 g/mol. The fourth-order valence-corrected chi connectivity index (χ4v) is 3.88. The van der Waals surface area contributed by atoms with Gasteiger partial charge in [-0.05, 0) is 48.6 Å².